The molecule has 0 fully saturated rings. The minimum absolute atomic E-state index is 0.0466. The molecule has 0 bridgehead atoms. The molecule has 3 rings (SSSR count). The number of benzene rings is 2. The molecule has 0 atom stereocenters. The van der Waals surface area contributed by atoms with Crippen LogP contribution >= 0.6 is 0 Å². The van der Waals surface area contributed by atoms with E-state index in [4.69, 9.17) is 0 Å². The van der Waals surface area contributed by atoms with E-state index in [1.54, 1.807) is 4.68 Å². The largest absolute Gasteiger partial charge is 0.292 e. The van der Waals surface area contributed by atoms with Crippen molar-refractivity contribution in [1.82, 2.24) is 15.0 Å². The number of carbonyl (C=O) groups excluding carboxylic acids is 1. The smallest absolute Gasteiger partial charge is 0.184 e. The van der Waals surface area contributed by atoms with E-state index in [9.17, 15) is 4.79 Å². The van der Waals surface area contributed by atoms with Gasteiger partial charge in [-0.3, -0.25) is 4.79 Å². The molecule has 1 heterocycles. The molecular weight excluding hydrogens is 286 g/mol. The Morgan fingerprint density at radius 2 is 1.74 bits per heavy atom. The summed E-state index contributed by atoms with van der Waals surface area (Å²) < 4.78 is 1.68. The van der Waals surface area contributed by atoms with Crippen molar-refractivity contribution in [3.63, 3.8) is 0 Å². The van der Waals surface area contributed by atoms with E-state index in [0.29, 0.717) is 11.5 Å². The molecule has 0 aliphatic carbocycles. The van der Waals surface area contributed by atoms with Gasteiger partial charge in [0.05, 0.1) is 5.52 Å². The monoisotopic (exact) mass is 307 g/mol. The number of carbonyl (C=O) groups is 1. The molecule has 0 aliphatic rings. The van der Waals surface area contributed by atoms with Crippen LogP contribution in [0, 0.1) is 13.8 Å². The van der Waals surface area contributed by atoms with E-state index in [-0.39, 0.29) is 12.3 Å². The van der Waals surface area contributed by atoms with E-state index >= 15 is 0 Å². The molecule has 1 aromatic heterocycles. The summed E-state index contributed by atoms with van der Waals surface area (Å²) in [7, 11) is 0. The molecule has 0 aliphatic heterocycles. The topological polar surface area (TPSA) is 47.8 Å². The number of rotatable bonds is 4. The van der Waals surface area contributed by atoms with Crippen LogP contribution in [0.15, 0.2) is 36.4 Å². The standard InChI is InChI=1S/C19H21N3O/c1-12(2)15-5-7-16(8-6-15)19(23)11-22-18-10-14(4)13(3)9-17(18)20-21-22/h5-10,12H,11H2,1-4H3. The molecule has 118 valence electrons. The summed E-state index contributed by atoms with van der Waals surface area (Å²) in [6, 6.07) is 11.9. The lowest BCUT2D eigenvalue weighted by molar-refractivity contribution is 0.0968. The molecule has 3 aromatic rings. The molecule has 0 amide bonds. The Morgan fingerprint density at radius 1 is 1.09 bits per heavy atom. The van der Waals surface area contributed by atoms with Crippen LogP contribution in [-0.4, -0.2) is 20.8 Å². The van der Waals surface area contributed by atoms with Gasteiger partial charge in [-0.1, -0.05) is 43.3 Å². The predicted molar refractivity (Wildman–Crippen MR) is 91.9 cm³/mol. The Balaban J connectivity index is 1.86. The van der Waals surface area contributed by atoms with E-state index in [0.717, 1.165) is 11.0 Å². The maximum absolute atomic E-state index is 12.5. The number of hydrogen-bond donors (Lipinski definition) is 0. The van der Waals surface area contributed by atoms with Crippen LogP contribution < -0.4 is 0 Å². The zero-order valence-electron chi connectivity index (χ0n) is 14.0. The lowest BCUT2D eigenvalue weighted by Gasteiger charge is -2.07. The van der Waals surface area contributed by atoms with Gasteiger partial charge in [-0.2, -0.15) is 0 Å². The molecule has 0 radical (unpaired) electrons. The second-order valence-electron chi connectivity index (χ2n) is 6.37. The summed E-state index contributed by atoms with van der Waals surface area (Å²) in [6.07, 6.45) is 0. The van der Waals surface area contributed by atoms with Crippen LogP contribution in [0.1, 0.15) is 46.8 Å². The molecule has 0 saturated carbocycles. The Morgan fingerprint density at radius 3 is 2.39 bits per heavy atom. The van der Waals surface area contributed by atoms with Crippen LogP contribution in [0.4, 0.5) is 0 Å². The highest BCUT2D eigenvalue weighted by atomic mass is 16.1. The first-order valence-corrected chi connectivity index (χ1v) is 7.89. The fourth-order valence-corrected chi connectivity index (χ4v) is 2.62. The van der Waals surface area contributed by atoms with Gasteiger partial charge in [-0.15, -0.1) is 5.10 Å². The third kappa shape index (κ3) is 3.02. The van der Waals surface area contributed by atoms with Gasteiger partial charge in [-0.25, -0.2) is 4.68 Å². The van der Waals surface area contributed by atoms with Gasteiger partial charge in [-0.05, 0) is 48.6 Å². The van der Waals surface area contributed by atoms with Gasteiger partial charge in [0.1, 0.15) is 12.1 Å². The average molecular weight is 307 g/mol. The number of nitrogens with zero attached hydrogens (tertiary/aromatic N) is 3. The molecule has 4 nitrogen and oxygen atoms in total. The second kappa shape index (κ2) is 5.95. The van der Waals surface area contributed by atoms with Gasteiger partial charge >= 0.3 is 0 Å². The molecular formula is C19H21N3O. The van der Waals surface area contributed by atoms with Crippen molar-refractivity contribution in [2.45, 2.75) is 40.2 Å². The van der Waals surface area contributed by atoms with Crippen LogP contribution in [-0.2, 0) is 6.54 Å². The molecule has 0 N–H and O–H groups in total. The Hall–Kier alpha value is -2.49. The third-order valence-corrected chi connectivity index (χ3v) is 4.32. The van der Waals surface area contributed by atoms with Crippen LogP contribution in [0.5, 0.6) is 0 Å². The van der Waals surface area contributed by atoms with Crippen molar-refractivity contribution in [2.24, 2.45) is 0 Å². The van der Waals surface area contributed by atoms with Crippen molar-refractivity contribution in [3.05, 3.63) is 58.7 Å². The highest BCUT2D eigenvalue weighted by Crippen LogP contribution is 2.18. The zero-order chi connectivity index (χ0) is 16.6. The summed E-state index contributed by atoms with van der Waals surface area (Å²) in [5, 5.41) is 8.30. The van der Waals surface area contributed by atoms with Crippen molar-refractivity contribution >= 4 is 16.8 Å². The fourth-order valence-electron chi connectivity index (χ4n) is 2.62. The van der Waals surface area contributed by atoms with Gasteiger partial charge < -0.3 is 0 Å². The first-order valence-electron chi connectivity index (χ1n) is 7.89. The summed E-state index contributed by atoms with van der Waals surface area (Å²) >= 11 is 0. The molecule has 4 heteroatoms. The minimum atomic E-state index is 0.0466. The number of hydrogen-bond acceptors (Lipinski definition) is 3. The summed E-state index contributed by atoms with van der Waals surface area (Å²) in [6.45, 7) is 8.60. The SMILES string of the molecule is Cc1cc2nnn(CC(=O)c3ccc(C(C)C)cc3)c2cc1C. The van der Waals surface area contributed by atoms with E-state index < -0.39 is 0 Å². The Bertz CT molecular complexity index is 860. The molecule has 0 unspecified atom stereocenters. The summed E-state index contributed by atoms with van der Waals surface area (Å²) in [4.78, 5) is 12.5. The number of ketones is 1. The van der Waals surface area contributed by atoms with Gasteiger partial charge in [0.25, 0.3) is 0 Å². The maximum Gasteiger partial charge on any atom is 0.184 e. The van der Waals surface area contributed by atoms with Crippen molar-refractivity contribution in [3.8, 4) is 0 Å². The van der Waals surface area contributed by atoms with E-state index in [1.165, 1.54) is 16.7 Å². The van der Waals surface area contributed by atoms with E-state index in [1.807, 2.05) is 36.4 Å². The first-order chi connectivity index (χ1) is 11.0. The molecule has 23 heavy (non-hydrogen) atoms. The summed E-state index contributed by atoms with van der Waals surface area (Å²) in [5.41, 5.74) is 6.03. The minimum Gasteiger partial charge on any atom is -0.292 e. The fraction of sp³-hybridized carbons (Fsp3) is 0.316. The average Bonchev–Trinajstić information content (AvgIpc) is 2.90. The van der Waals surface area contributed by atoms with Gasteiger partial charge in [0.15, 0.2) is 5.78 Å². The normalized spacial score (nSPS) is 11.3. The Labute approximate surface area is 136 Å². The highest BCUT2D eigenvalue weighted by molar-refractivity contribution is 5.96. The highest BCUT2D eigenvalue weighted by Gasteiger charge is 2.12. The first kappa shape index (κ1) is 15.4. The van der Waals surface area contributed by atoms with Crippen molar-refractivity contribution in [1.29, 1.82) is 0 Å². The van der Waals surface area contributed by atoms with Crippen molar-refractivity contribution in [2.75, 3.05) is 0 Å². The molecule has 0 spiro atoms. The van der Waals surface area contributed by atoms with Crippen molar-refractivity contribution < 1.29 is 4.79 Å². The predicted octanol–water partition coefficient (Wildman–Crippen LogP) is 4.05. The van der Waals surface area contributed by atoms with E-state index in [2.05, 4.69) is 38.0 Å². The quantitative estimate of drug-likeness (QED) is 0.683. The van der Waals surface area contributed by atoms with Gasteiger partial charge in [0.2, 0.25) is 0 Å². The van der Waals surface area contributed by atoms with Crippen LogP contribution in [0.3, 0.4) is 0 Å². The molecule has 0 saturated heterocycles. The zero-order valence-corrected chi connectivity index (χ0v) is 14.0. The third-order valence-electron chi connectivity index (χ3n) is 4.32. The van der Waals surface area contributed by atoms with Gasteiger partial charge in [0, 0.05) is 5.56 Å². The lowest BCUT2D eigenvalue weighted by Crippen LogP contribution is -2.12. The van der Waals surface area contributed by atoms with Crippen LogP contribution in [0.25, 0.3) is 11.0 Å². The Kier molecular flexibility index (Phi) is 3.99. The van der Waals surface area contributed by atoms with Crippen LogP contribution in [0.2, 0.25) is 0 Å². The maximum atomic E-state index is 12.5. The number of fused-ring (bicyclic) bond motifs is 1. The summed E-state index contributed by atoms with van der Waals surface area (Å²) in [5.74, 6) is 0.509. The number of Topliss-reactive ketones (excluding diaryl/α,β-unsaturated/α-hetero) is 1. The number of aryl methyl sites for hydroxylation is 2. The molecule has 2 aromatic carbocycles. The number of aromatic nitrogens is 3. The lowest BCUT2D eigenvalue weighted by atomic mass is 10.0. The second-order valence-corrected chi connectivity index (χ2v) is 6.37.